The number of hydrogen-bond donors (Lipinski definition) is 2. The molecule has 3 aromatic rings. The van der Waals surface area contributed by atoms with Crippen LogP contribution < -0.4 is 10.5 Å². The first-order chi connectivity index (χ1) is 13.0. The molecule has 2 aromatic carbocycles. The summed E-state index contributed by atoms with van der Waals surface area (Å²) >= 11 is 0. The number of aromatic nitrogens is 1. The van der Waals surface area contributed by atoms with E-state index < -0.39 is 29.9 Å². The molecular weight excluding hydrogens is 348 g/mol. The second-order valence-corrected chi connectivity index (χ2v) is 5.83. The van der Waals surface area contributed by atoms with Crippen molar-refractivity contribution in [2.75, 3.05) is 18.1 Å². The summed E-state index contributed by atoms with van der Waals surface area (Å²) in [5.41, 5.74) is -0.0399. The summed E-state index contributed by atoms with van der Waals surface area (Å²) in [4.78, 5) is 39.6. The number of pyridine rings is 1. The highest BCUT2D eigenvalue weighted by molar-refractivity contribution is 6.04. The average molecular weight is 366 g/mol. The highest BCUT2D eigenvalue weighted by atomic mass is 16.5. The lowest BCUT2D eigenvalue weighted by Gasteiger charge is -2.22. The van der Waals surface area contributed by atoms with Crippen LogP contribution in [0.1, 0.15) is 17.3 Å². The summed E-state index contributed by atoms with van der Waals surface area (Å²) in [5.74, 6) is -1.71. The number of aromatic hydroxyl groups is 1. The van der Waals surface area contributed by atoms with E-state index >= 15 is 0 Å². The van der Waals surface area contributed by atoms with Gasteiger partial charge in [0.1, 0.15) is 0 Å². The van der Waals surface area contributed by atoms with Gasteiger partial charge in [-0.3, -0.25) is 14.6 Å². The zero-order valence-electron chi connectivity index (χ0n) is 14.6. The van der Waals surface area contributed by atoms with Gasteiger partial charge in [-0.05, 0) is 18.4 Å². The predicted octanol–water partition coefficient (Wildman–Crippen LogP) is 2.44. The van der Waals surface area contributed by atoms with Crippen LogP contribution in [0.2, 0.25) is 0 Å². The summed E-state index contributed by atoms with van der Waals surface area (Å²) in [6.07, 6.45) is 0. The van der Waals surface area contributed by atoms with Crippen molar-refractivity contribution in [3.8, 4) is 5.88 Å². The number of ether oxygens (including phenoxy) is 1. The zero-order chi connectivity index (χ0) is 19.4. The molecule has 0 bridgehead atoms. The van der Waals surface area contributed by atoms with E-state index in [-0.39, 0.29) is 5.56 Å². The molecule has 2 N–H and O–H groups in total. The van der Waals surface area contributed by atoms with E-state index in [1.54, 1.807) is 0 Å². The smallest absolute Gasteiger partial charge is 0.339 e. The van der Waals surface area contributed by atoms with Gasteiger partial charge in [0.25, 0.3) is 11.5 Å². The Morgan fingerprint density at radius 3 is 2.59 bits per heavy atom. The summed E-state index contributed by atoms with van der Waals surface area (Å²) < 4.78 is 5.02. The molecule has 0 saturated carbocycles. The van der Waals surface area contributed by atoms with Crippen molar-refractivity contribution in [1.29, 1.82) is 0 Å². The van der Waals surface area contributed by atoms with Gasteiger partial charge in [-0.1, -0.05) is 36.4 Å². The van der Waals surface area contributed by atoms with Crippen LogP contribution in [-0.4, -0.2) is 35.1 Å². The first kappa shape index (κ1) is 18.2. The molecule has 1 heterocycles. The number of anilines is 1. The fourth-order valence-electron chi connectivity index (χ4n) is 2.86. The number of esters is 1. The van der Waals surface area contributed by atoms with Gasteiger partial charge in [0.2, 0.25) is 0 Å². The van der Waals surface area contributed by atoms with Crippen molar-refractivity contribution in [3.05, 3.63) is 70.5 Å². The molecule has 0 aliphatic carbocycles. The van der Waals surface area contributed by atoms with Crippen molar-refractivity contribution < 1.29 is 19.4 Å². The molecular formula is C20H18N2O5. The number of fused-ring (bicyclic) bond motifs is 1. The standard InChI is InChI=1S/C20H18N2O5/c1-2-22(16-9-5-7-13-6-3-4-8-15(13)16)19(25)12-27-20(26)14-10-17(23)21-18(24)11-14/h3-11H,2,12H2,1H3,(H2,21,23,24). The van der Waals surface area contributed by atoms with Crippen molar-refractivity contribution >= 4 is 28.3 Å². The van der Waals surface area contributed by atoms with Crippen LogP contribution in [-0.2, 0) is 9.53 Å². The molecule has 0 radical (unpaired) electrons. The maximum Gasteiger partial charge on any atom is 0.339 e. The molecule has 27 heavy (non-hydrogen) atoms. The fraction of sp³-hybridized carbons (Fsp3) is 0.150. The van der Waals surface area contributed by atoms with E-state index in [4.69, 9.17) is 4.74 Å². The number of nitrogens with one attached hydrogen (secondary N) is 1. The SMILES string of the molecule is CCN(C(=O)COC(=O)c1cc(O)[nH]c(=O)c1)c1cccc2ccccc12. The molecule has 0 unspecified atom stereocenters. The number of hydrogen-bond acceptors (Lipinski definition) is 5. The van der Waals surface area contributed by atoms with Gasteiger partial charge in [0.05, 0.1) is 11.3 Å². The van der Waals surface area contributed by atoms with Gasteiger partial charge in [-0.2, -0.15) is 0 Å². The zero-order valence-corrected chi connectivity index (χ0v) is 14.6. The Hall–Kier alpha value is -3.61. The minimum atomic E-state index is -0.862. The number of rotatable bonds is 5. The summed E-state index contributed by atoms with van der Waals surface area (Å²) in [6.45, 7) is 1.75. The van der Waals surface area contributed by atoms with Gasteiger partial charge in [-0.15, -0.1) is 0 Å². The maximum absolute atomic E-state index is 12.6. The van der Waals surface area contributed by atoms with Crippen LogP contribution in [0.5, 0.6) is 5.88 Å². The predicted molar refractivity (Wildman–Crippen MR) is 101 cm³/mol. The maximum atomic E-state index is 12.6. The molecule has 0 spiro atoms. The van der Waals surface area contributed by atoms with Crippen molar-refractivity contribution in [3.63, 3.8) is 0 Å². The van der Waals surface area contributed by atoms with Gasteiger partial charge < -0.3 is 14.7 Å². The van der Waals surface area contributed by atoms with E-state index in [0.29, 0.717) is 6.54 Å². The summed E-state index contributed by atoms with van der Waals surface area (Å²) in [6, 6.07) is 15.4. The van der Waals surface area contributed by atoms with Crippen LogP contribution in [0.15, 0.2) is 59.4 Å². The van der Waals surface area contributed by atoms with Crippen molar-refractivity contribution in [2.45, 2.75) is 6.92 Å². The molecule has 7 nitrogen and oxygen atoms in total. The van der Waals surface area contributed by atoms with E-state index in [9.17, 15) is 19.5 Å². The van der Waals surface area contributed by atoms with Gasteiger partial charge in [0, 0.05) is 24.1 Å². The largest absolute Gasteiger partial charge is 0.494 e. The topological polar surface area (TPSA) is 99.7 Å². The lowest BCUT2D eigenvalue weighted by atomic mass is 10.1. The highest BCUT2D eigenvalue weighted by Gasteiger charge is 2.19. The highest BCUT2D eigenvalue weighted by Crippen LogP contribution is 2.26. The molecule has 0 fully saturated rings. The molecule has 0 saturated heterocycles. The first-order valence-electron chi connectivity index (χ1n) is 8.38. The fourth-order valence-corrected chi connectivity index (χ4v) is 2.86. The minimum absolute atomic E-state index is 0.128. The Balaban J connectivity index is 1.77. The second-order valence-electron chi connectivity index (χ2n) is 5.83. The molecule has 3 rings (SSSR count). The Bertz CT molecular complexity index is 1050. The van der Waals surface area contributed by atoms with Gasteiger partial charge >= 0.3 is 5.97 Å². The number of amides is 1. The van der Waals surface area contributed by atoms with Crippen LogP contribution in [0.4, 0.5) is 5.69 Å². The van der Waals surface area contributed by atoms with E-state index in [1.807, 2.05) is 49.4 Å². The minimum Gasteiger partial charge on any atom is -0.494 e. The van der Waals surface area contributed by atoms with Gasteiger partial charge in [0.15, 0.2) is 12.5 Å². The number of likely N-dealkylation sites (N-methyl/N-ethyl adjacent to an activating group) is 1. The molecule has 0 aliphatic heterocycles. The molecule has 0 atom stereocenters. The first-order valence-corrected chi connectivity index (χ1v) is 8.38. The number of aromatic amines is 1. The number of carbonyl (C=O) groups excluding carboxylic acids is 2. The number of nitrogens with zero attached hydrogens (tertiary/aromatic N) is 1. The van der Waals surface area contributed by atoms with Gasteiger partial charge in [-0.25, -0.2) is 4.79 Å². The van der Waals surface area contributed by atoms with Crippen molar-refractivity contribution in [2.24, 2.45) is 0 Å². The molecule has 7 heteroatoms. The second kappa shape index (κ2) is 7.74. The molecule has 138 valence electrons. The third-order valence-electron chi connectivity index (χ3n) is 4.07. The van der Waals surface area contributed by atoms with Crippen LogP contribution in [0, 0.1) is 0 Å². The van der Waals surface area contributed by atoms with Crippen LogP contribution in [0.3, 0.4) is 0 Å². The number of benzene rings is 2. The molecule has 1 aromatic heterocycles. The normalized spacial score (nSPS) is 10.6. The third kappa shape index (κ3) is 3.98. The Morgan fingerprint density at radius 2 is 1.85 bits per heavy atom. The Morgan fingerprint density at radius 1 is 1.11 bits per heavy atom. The molecule has 1 amide bonds. The Labute approximate surface area is 154 Å². The lowest BCUT2D eigenvalue weighted by Crippen LogP contribution is -2.34. The lowest BCUT2D eigenvalue weighted by molar-refractivity contribution is -0.121. The van der Waals surface area contributed by atoms with Crippen LogP contribution >= 0.6 is 0 Å². The average Bonchev–Trinajstić information content (AvgIpc) is 2.66. The van der Waals surface area contributed by atoms with Crippen molar-refractivity contribution in [1.82, 2.24) is 4.98 Å². The molecule has 0 aliphatic rings. The third-order valence-corrected chi connectivity index (χ3v) is 4.07. The van der Waals surface area contributed by atoms with E-state index in [1.165, 1.54) is 4.90 Å². The summed E-state index contributed by atoms with van der Waals surface area (Å²) in [7, 11) is 0. The van der Waals surface area contributed by atoms with E-state index in [2.05, 4.69) is 4.98 Å². The summed E-state index contributed by atoms with van der Waals surface area (Å²) in [5, 5.41) is 11.3. The van der Waals surface area contributed by atoms with Crippen LogP contribution in [0.25, 0.3) is 10.8 Å². The van der Waals surface area contributed by atoms with E-state index in [0.717, 1.165) is 28.6 Å². The number of carbonyl (C=O) groups is 2. The quantitative estimate of drug-likeness (QED) is 0.676. The number of H-pyrrole nitrogens is 1. The monoisotopic (exact) mass is 366 g/mol. The Kier molecular flexibility index (Phi) is 5.21.